The quantitative estimate of drug-likeness (QED) is 0.727. The van der Waals surface area contributed by atoms with Crippen LogP contribution in [0.3, 0.4) is 0 Å². The van der Waals surface area contributed by atoms with Gasteiger partial charge in [0.05, 0.1) is 5.56 Å². The van der Waals surface area contributed by atoms with E-state index in [4.69, 9.17) is 4.74 Å². The number of likely N-dealkylation sites (tertiary alicyclic amines) is 2. The Hall–Kier alpha value is -2.47. The van der Waals surface area contributed by atoms with Crippen LogP contribution in [0, 0.1) is 11.6 Å². The molecule has 4 rings (SSSR count). The fraction of sp³-hybridized carbons (Fsp3) is 0.435. The molecule has 4 nitrogen and oxygen atoms in total. The van der Waals surface area contributed by atoms with Crippen LogP contribution in [0.15, 0.2) is 42.5 Å². The van der Waals surface area contributed by atoms with E-state index in [0.717, 1.165) is 39.0 Å². The Morgan fingerprint density at radius 1 is 0.966 bits per heavy atom. The number of benzene rings is 2. The van der Waals surface area contributed by atoms with E-state index in [9.17, 15) is 13.6 Å². The molecule has 2 aromatic carbocycles. The van der Waals surface area contributed by atoms with E-state index in [1.165, 1.54) is 31.0 Å². The van der Waals surface area contributed by atoms with Crippen molar-refractivity contribution in [3.63, 3.8) is 0 Å². The van der Waals surface area contributed by atoms with Gasteiger partial charge in [0, 0.05) is 24.7 Å². The molecule has 2 heterocycles. The molecule has 1 atom stereocenters. The van der Waals surface area contributed by atoms with Gasteiger partial charge in [0.1, 0.15) is 24.0 Å². The van der Waals surface area contributed by atoms with Crippen LogP contribution in [0.4, 0.5) is 8.78 Å². The monoisotopic (exact) mass is 400 g/mol. The van der Waals surface area contributed by atoms with Gasteiger partial charge in [-0.3, -0.25) is 4.79 Å². The molecular formula is C23H26F2N2O2. The predicted molar refractivity (Wildman–Crippen MR) is 107 cm³/mol. The number of carbonyl (C=O) groups excluding carboxylic acids is 1. The second-order valence-corrected chi connectivity index (χ2v) is 7.82. The summed E-state index contributed by atoms with van der Waals surface area (Å²) in [6.45, 7) is 3.82. The highest BCUT2D eigenvalue weighted by Crippen LogP contribution is 2.24. The minimum Gasteiger partial charge on any atom is -0.489 e. The summed E-state index contributed by atoms with van der Waals surface area (Å²) in [6, 6.07) is 10.8. The first-order valence-corrected chi connectivity index (χ1v) is 10.3. The minimum atomic E-state index is -0.630. The number of nitrogens with zero attached hydrogens (tertiary/aromatic N) is 2. The lowest BCUT2D eigenvalue weighted by atomic mass is 10.1. The van der Waals surface area contributed by atoms with Gasteiger partial charge in [-0.2, -0.15) is 0 Å². The molecule has 0 radical (unpaired) electrons. The van der Waals surface area contributed by atoms with Gasteiger partial charge >= 0.3 is 0 Å². The summed E-state index contributed by atoms with van der Waals surface area (Å²) >= 11 is 0. The topological polar surface area (TPSA) is 32.8 Å². The van der Waals surface area contributed by atoms with Gasteiger partial charge in [-0.15, -0.1) is 0 Å². The van der Waals surface area contributed by atoms with E-state index in [-0.39, 0.29) is 24.1 Å². The van der Waals surface area contributed by atoms with E-state index in [2.05, 4.69) is 4.90 Å². The van der Waals surface area contributed by atoms with Crippen molar-refractivity contribution in [1.29, 1.82) is 0 Å². The fourth-order valence-electron chi connectivity index (χ4n) is 4.24. The fourth-order valence-corrected chi connectivity index (χ4v) is 4.24. The Morgan fingerprint density at radius 2 is 1.66 bits per heavy atom. The first-order valence-electron chi connectivity index (χ1n) is 10.3. The van der Waals surface area contributed by atoms with Gasteiger partial charge in [-0.25, -0.2) is 8.78 Å². The van der Waals surface area contributed by atoms with Crippen LogP contribution in [0.2, 0.25) is 0 Å². The lowest BCUT2D eigenvalue weighted by molar-refractivity contribution is 0.0708. The molecule has 0 spiro atoms. The first kappa shape index (κ1) is 19.8. The third-order valence-corrected chi connectivity index (χ3v) is 5.85. The number of amides is 1. The molecule has 2 aliphatic heterocycles. The Morgan fingerprint density at radius 3 is 2.34 bits per heavy atom. The summed E-state index contributed by atoms with van der Waals surface area (Å²) in [6.07, 6.45) is 4.59. The molecule has 2 fully saturated rings. The van der Waals surface area contributed by atoms with Gasteiger partial charge in [-0.05, 0) is 75.2 Å². The zero-order valence-corrected chi connectivity index (χ0v) is 16.4. The van der Waals surface area contributed by atoms with Crippen LogP contribution < -0.4 is 4.74 Å². The molecule has 29 heavy (non-hydrogen) atoms. The normalized spacial score (nSPS) is 19.7. The van der Waals surface area contributed by atoms with Gasteiger partial charge in [0.25, 0.3) is 5.91 Å². The highest BCUT2D eigenvalue weighted by molar-refractivity contribution is 5.94. The van der Waals surface area contributed by atoms with Crippen molar-refractivity contribution in [2.75, 3.05) is 26.2 Å². The second kappa shape index (κ2) is 8.91. The van der Waals surface area contributed by atoms with Crippen LogP contribution in [-0.2, 0) is 6.61 Å². The van der Waals surface area contributed by atoms with E-state index in [1.54, 1.807) is 24.3 Å². The van der Waals surface area contributed by atoms with Crippen molar-refractivity contribution >= 4 is 5.91 Å². The van der Waals surface area contributed by atoms with Crippen LogP contribution in [0.1, 0.15) is 41.6 Å². The van der Waals surface area contributed by atoms with Crippen molar-refractivity contribution in [3.05, 3.63) is 65.2 Å². The van der Waals surface area contributed by atoms with Crippen molar-refractivity contribution in [2.45, 2.75) is 38.3 Å². The summed E-state index contributed by atoms with van der Waals surface area (Å²) in [4.78, 5) is 17.4. The molecule has 0 aromatic heterocycles. The summed E-state index contributed by atoms with van der Waals surface area (Å²) in [5.74, 6) is -0.748. The molecular weight excluding hydrogens is 374 g/mol. The third-order valence-electron chi connectivity index (χ3n) is 5.85. The van der Waals surface area contributed by atoms with Crippen molar-refractivity contribution in [3.8, 4) is 5.75 Å². The van der Waals surface area contributed by atoms with Crippen LogP contribution in [-0.4, -0.2) is 47.9 Å². The molecule has 2 aromatic rings. The summed E-state index contributed by atoms with van der Waals surface area (Å²) in [7, 11) is 0. The minimum absolute atomic E-state index is 0.0402. The standard InChI is InChI=1S/C23H26F2N2O2/c24-21-6-3-7-22(25)20(21)16-29-19-10-8-17(9-11-19)23(28)27-14-4-5-18(27)15-26-12-1-2-13-26/h3,6-11,18H,1-2,4-5,12-16H2/t18-/m0/s1. The van der Waals surface area contributed by atoms with E-state index in [1.807, 2.05) is 4.90 Å². The molecule has 0 N–H and O–H groups in total. The van der Waals surface area contributed by atoms with E-state index >= 15 is 0 Å². The SMILES string of the molecule is O=C(c1ccc(OCc2c(F)cccc2F)cc1)N1CCC[C@H]1CN1CCCC1. The number of carbonyl (C=O) groups is 1. The smallest absolute Gasteiger partial charge is 0.254 e. The zero-order chi connectivity index (χ0) is 20.2. The van der Waals surface area contributed by atoms with Gasteiger partial charge < -0.3 is 14.5 Å². The molecule has 2 saturated heterocycles. The summed E-state index contributed by atoms with van der Waals surface area (Å²) in [5, 5.41) is 0. The Labute approximate surface area is 170 Å². The van der Waals surface area contributed by atoms with E-state index < -0.39 is 11.6 Å². The zero-order valence-electron chi connectivity index (χ0n) is 16.4. The maximum atomic E-state index is 13.7. The molecule has 0 saturated carbocycles. The van der Waals surface area contributed by atoms with Crippen molar-refractivity contribution < 1.29 is 18.3 Å². The summed E-state index contributed by atoms with van der Waals surface area (Å²) in [5.41, 5.74) is 0.511. The first-order chi connectivity index (χ1) is 14.1. The van der Waals surface area contributed by atoms with Crippen LogP contribution in [0.5, 0.6) is 5.75 Å². The van der Waals surface area contributed by atoms with Crippen LogP contribution >= 0.6 is 0 Å². The second-order valence-electron chi connectivity index (χ2n) is 7.82. The number of rotatable bonds is 6. The molecule has 1 amide bonds. The van der Waals surface area contributed by atoms with Gasteiger partial charge in [0.2, 0.25) is 0 Å². The molecule has 2 aliphatic rings. The van der Waals surface area contributed by atoms with Crippen LogP contribution in [0.25, 0.3) is 0 Å². The average molecular weight is 400 g/mol. The third kappa shape index (κ3) is 4.58. The molecule has 6 heteroatoms. The van der Waals surface area contributed by atoms with Gasteiger partial charge in [-0.1, -0.05) is 6.07 Å². The van der Waals surface area contributed by atoms with E-state index in [0.29, 0.717) is 11.3 Å². The highest BCUT2D eigenvalue weighted by atomic mass is 19.1. The van der Waals surface area contributed by atoms with Gasteiger partial charge in [0.15, 0.2) is 0 Å². The molecule has 0 aliphatic carbocycles. The maximum Gasteiger partial charge on any atom is 0.254 e. The molecule has 154 valence electrons. The number of hydrogen-bond donors (Lipinski definition) is 0. The number of ether oxygens (including phenoxy) is 1. The Balaban J connectivity index is 1.37. The van der Waals surface area contributed by atoms with Crippen molar-refractivity contribution in [2.24, 2.45) is 0 Å². The lowest BCUT2D eigenvalue weighted by Gasteiger charge is -2.28. The maximum absolute atomic E-state index is 13.7. The molecule has 0 unspecified atom stereocenters. The number of halogens is 2. The summed E-state index contributed by atoms with van der Waals surface area (Å²) < 4.78 is 32.9. The Bertz CT molecular complexity index is 830. The number of hydrogen-bond acceptors (Lipinski definition) is 3. The average Bonchev–Trinajstić information content (AvgIpc) is 3.40. The van der Waals surface area contributed by atoms with Crippen molar-refractivity contribution in [1.82, 2.24) is 9.80 Å². The molecule has 0 bridgehead atoms. The Kier molecular flexibility index (Phi) is 6.09. The largest absolute Gasteiger partial charge is 0.489 e. The predicted octanol–water partition coefficient (Wildman–Crippen LogP) is 4.24. The highest BCUT2D eigenvalue weighted by Gasteiger charge is 2.31. The lowest BCUT2D eigenvalue weighted by Crippen LogP contribution is -2.42.